The summed E-state index contributed by atoms with van der Waals surface area (Å²) in [5, 5.41) is -6.18. The van der Waals surface area contributed by atoms with Gasteiger partial charge in [0.2, 0.25) is 8.32 Å². The zero-order valence-corrected chi connectivity index (χ0v) is 25.3. The summed E-state index contributed by atoms with van der Waals surface area (Å²) in [6.45, 7) is 5.92. The lowest BCUT2D eigenvalue weighted by Crippen LogP contribution is -2.49. The second-order valence-corrected chi connectivity index (χ2v) is 15.2. The van der Waals surface area contributed by atoms with Gasteiger partial charge in [0.25, 0.3) is 0 Å². The summed E-state index contributed by atoms with van der Waals surface area (Å²) in [4.78, 5) is 0. The van der Waals surface area contributed by atoms with Crippen molar-refractivity contribution in [2.75, 3.05) is 6.61 Å². The Labute approximate surface area is 254 Å². The SMILES string of the molecule is CCO[Si](CC)(CC)c1ccc2cc3c(C(F)(F)F)c4cc5c(C(F)(F)F)ccc(C(F)(F)F)c5cc4c(C(F)(F)F)c3cc2c1. The van der Waals surface area contributed by atoms with Gasteiger partial charge in [0.1, 0.15) is 0 Å². The van der Waals surface area contributed by atoms with Crippen LogP contribution < -0.4 is 5.19 Å². The zero-order chi connectivity index (χ0) is 34.2. The third kappa shape index (κ3) is 5.56. The molecule has 14 heteroatoms. The van der Waals surface area contributed by atoms with E-state index < -0.39 is 87.6 Å². The van der Waals surface area contributed by atoms with Gasteiger partial charge in [0.05, 0.1) is 22.3 Å². The van der Waals surface area contributed by atoms with Crippen LogP contribution in [0.1, 0.15) is 43.0 Å². The zero-order valence-electron chi connectivity index (χ0n) is 24.3. The summed E-state index contributed by atoms with van der Waals surface area (Å²) in [5.41, 5.74) is -6.83. The number of alkyl halides is 12. The van der Waals surface area contributed by atoms with E-state index >= 15 is 0 Å². The lowest BCUT2D eigenvalue weighted by atomic mass is 9.86. The van der Waals surface area contributed by atoms with Gasteiger partial charge in [-0.2, -0.15) is 52.7 Å². The van der Waals surface area contributed by atoms with E-state index in [1.165, 1.54) is 6.07 Å². The van der Waals surface area contributed by atoms with Crippen molar-refractivity contribution in [2.45, 2.75) is 57.6 Å². The molecule has 0 aliphatic heterocycles. The van der Waals surface area contributed by atoms with E-state index in [9.17, 15) is 52.7 Å². The first-order valence-electron chi connectivity index (χ1n) is 14.0. The predicted octanol–water partition coefficient (Wildman–Crippen LogP) is 11.6. The molecule has 246 valence electrons. The maximum absolute atomic E-state index is 14.9. The van der Waals surface area contributed by atoms with Crippen molar-refractivity contribution >= 4 is 56.6 Å². The molecule has 0 atom stereocenters. The van der Waals surface area contributed by atoms with Crippen LogP contribution in [-0.4, -0.2) is 14.9 Å². The Hall–Kier alpha value is -3.52. The summed E-state index contributed by atoms with van der Waals surface area (Å²) in [6.07, 6.45) is -21.5. The molecule has 0 N–H and O–H groups in total. The first-order valence-corrected chi connectivity index (χ1v) is 16.4. The second kappa shape index (κ2) is 11.0. The van der Waals surface area contributed by atoms with Crippen molar-refractivity contribution in [1.29, 1.82) is 0 Å². The monoisotopic (exact) mass is 680 g/mol. The van der Waals surface area contributed by atoms with Gasteiger partial charge < -0.3 is 4.43 Å². The van der Waals surface area contributed by atoms with E-state index in [0.717, 1.165) is 12.1 Å². The molecule has 0 amide bonds. The Morgan fingerprint density at radius 2 is 0.891 bits per heavy atom. The van der Waals surface area contributed by atoms with E-state index in [0.29, 0.717) is 23.9 Å². The van der Waals surface area contributed by atoms with Crippen molar-refractivity contribution in [3.8, 4) is 0 Å². The molecule has 1 nitrogen and oxygen atoms in total. The largest absolute Gasteiger partial charge is 0.417 e. The normalized spacial score (nSPS) is 13.9. The van der Waals surface area contributed by atoms with Gasteiger partial charge in [0.15, 0.2) is 0 Å². The molecule has 0 spiro atoms. The Bertz CT molecular complexity index is 1980. The fraction of sp³-hybridized carbons (Fsp3) is 0.312. The van der Waals surface area contributed by atoms with E-state index in [1.807, 2.05) is 13.8 Å². The van der Waals surface area contributed by atoms with Gasteiger partial charge in [0, 0.05) is 6.61 Å². The Kier molecular flexibility index (Phi) is 8.11. The van der Waals surface area contributed by atoms with Crippen molar-refractivity contribution < 1.29 is 57.1 Å². The molecule has 0 saturated carbocycles. The lowest BCUT2D eigenvalue weighted by Gasteiger charge is -2.29. The summed E-state index contributed by atoms with van der Waals surface area (Å²) in [6, 6.07) is 8.02. The van der Waals surface area contributed by atoms with Crippen LogP contribution in [0.4, 0.5) is 52.7 Å². The molecule has 0 unspecified atom stereocenters. The molecule has 0 aliphatic carbocycles. The van der Waals surface area contributed by atoms with E-state index in [-0.39, 0.29) is 35.0 Å². The van der Waals surface area contributed by atoms with Crippen molar-refractivity contribution in [3.63, 3.8) is 0 Å². The van der Waals surface area contributed by atoms with Crippen molar-refractivity contribution in [3.05, 3.63) is 76.9 Å². The van der Waals surface area contributed by atoms with Gasteiger partial charge in [-0.3, -0.25) is 0 Å². The minimum Gasteiger partial charge on any atom is -0.413 e. The Morgan fingerprint density at radius 1 is 0.478 bits per heavy atom. The number of benzene rings is 5. The van der Waals surface area contributed by atoms with Crippen LogP contribution in [0.5, 0.6) is 0 Å². The molecule has 0 heterocycles. The quantitative estimate of drug-likeness (QED) is 0.102. The Balaban J connectivity index is 2.06. The van der Waals surface area contributed by atoms with Gasteiger partial charge in [-0.1, -0.05) is 32.0 Å². The van der Waals surface area contributed by atoms with Crippen LogP contribution in [0.25, 0.3) is 43.1 Å². The van der Waals surface area contributed by atoms with E-state index in [4.69, 9.17) is 4.43 Å². The molecule has 0 bridgehead atoms. The predicted molar refractivity (Wildman–Crippen MR) is 154 cm³/mol. The maximum atomic E-state index is 14.9. The highest BCUT2D eigenvalue weighted by atomic mass is 28.4. The number of rotatable bonds is 5. The van der Waals surface area contributed by atoms with Gasteiger partial charge in [-0.05, 0) is 104 Å². The first kappa shape index (κ1) is 33.8. The molecule has 5 rings (SSSR count). The molecular weight excluding hydrogens is 656 g/mol. The highest BCUT2D eigenvalue weighted by Gasteiger charge is 2.43. The lowest BCUT2D eigenvalue weighted by molar-refractivity contribution is -0.139. The van der Waals surface area contributed by atoms with Crippen LogP contribution in [0.15, 0.2) is 54.6 Å². The number of fused-ring (bicyclic) bond motifs is 4. The molecular formula is C32H24F12OSi. The average molecular weight is 681 g/mol. The summed E-state index contributed by atoms with van der Waals surface area (Å²) < 4.78 is 179. The van der Waals surface area contributed by atoms with Crippen LogP contribution in [0.2, 0.25) is 12.1 Å². The van der Waals surface area contributed by atoms with Crippen LogP contribution >= 0.6 is 0 Å². The van der Waals surface area contributed by atoms with E-state index in [1.54, 1.807) is 19.1 Å². The summed E-state index contributed by atoms with van der Waals surface area (Å²) in [5.74, 6) is 0. The smallest absolute Gasteiger partial charge is 0.413 e. The molecule has 0 saturated heterocycles. The highest BCUT2D eigenvalue weighted by Crippen LogP contribution is 2.51. The number of hydrogen-bond acceptors (Lipinski definition) is 1. The van der Waals surface area contributed by atoms with E-state index in [2.05, 4.69) is 0 Å². The minimum atomic E-state index is -5.42. The van der Waals surface area contributed by atoms with Crippen molar-refractivity contribution in [1.82, 2.24) is 0 Å². The minimum absolute atomic E-state index is 0.0548. The summed E-state index contributed by atoms with van der Waals surface area (Å²) >= 11 is 0. The molecule has 0 aromatic heterocycles. The standard InChI is InChI=1S/C32H24F12OSi/c1-4-45-46(5-2,6-3)18-8-7-16-12-21-22(13-17(16)11-18)28(32(42,43)44)24-15-20-19(14-23(24)27(21)31(39,40)41)25(29(33,34)35)9-10-26(20)30(36,37)38/h7-15H,4-6H2,1-3H3. The van der Waals surface area contributed by atoms with Crippen LogP contribution in [0, 0.1) is 0 Å². The maximum Gasteiger partial charge on any atom is 0.417 e. The molecule has 0 fully saturated rings. The third-order valence-electron chi connectivity index (χ3n) is 8.48. The second-order valence-electron chi connectivity index (χ2n) is 10.9. The molecule has 0 radical (unpaired) electrons. The molecule has 5 aromatic rings. The topological polar surface area (TPSA) is 9.23 Å². The van der Waals surface area contributed by atoms with Gasteiger partial charge >= 0.3 is 24.7 Å². The van der Waals surface area contributed by atoms with Crippen molar-refractivity contribution in [2.24, 2.45) is 0 Å². The number of hydrogen-bond donors (Lipinski definition) is 0. The number of halogens is 12. The third-order valence-corrected chi connectivity index (χ3v) is 13.0. The fourth-order valence-electron chi connectivity index (χ4n) is 6.42. The van der Waals surface area contributed by atoms with Gasteiger partial charge in [-0.25, -0.2) is 0 Å². The molecule has 5 aromatic carbocycles. The Morgan fingerprint density at radius 3 is 1.26 bits per heavy atom. The molecule has 0 aliphatic rings. The first-order chi connectivity index (χ1) is 21.2. The average Bonchev–Trinajstić information content (AvgIpc) is 2.93. The highest BCUT2D eigenvalue weighted by molar-refractivity contribution is 6.86. The van der Waals surface area contributed by atoms with Gasteiger partial charge in [-0.15, -0.1) is 0 Å². The van der Waals surface area contributed by atoms with Crippen LogP contribution in [-0.2, 0) is 29.1 Å². The fourth-order valence-corrected chi connectivity index (χ4v) is 9.67. The van der Waals surface area contributed by atoms with Crippen LogP contribution in [0.3, 0.4) is 0 Å². The summed E-state index contributed by atoms with van der Waals surface area (Å²) in [7, 11) is -2.62. The molecule has 46 heavy (non-hydrogen) atoms.